The molecule has 51 heavy (non-hydrogen) atoms. The van der Waals surface area contributed by atoms with Crippen LogP contribution in [0.5, 0.6) is 0 Å². The molecule has 5 rings (SSSR count). The number of carbonyl (C=O) groups is 6. The number of esters is 1. The van der Waals surface area contributed by atoms with Crippen molar-refractivity contribution in [3.8, 4) is 0 Å². The fourth-order valence-electron chi connectivity index (χ4n) is 5.99. The van der Waals surface area contributed by atoms with Crippen LogP contribution in [0.25, 0.3) is 0 Å². The summed E-state index contributed by atoms with van der Waals surface area (Å²) in [7, 11) is 0. The van der Waals surface area contributed by atoms with Crippen molar-refractivity contribution in [2.45, 2.75) is 57.5 Å². The Labute approximate surface area is 300 Å². The lowest BCUT2D eigenvalue weighted by atomic mass is 10.0. The summed E-state index contributed by atoms with van der Waals surface area (Å²) in [5.74, 6) is -3.78. The van der Waals surface area contributed by atoms with Crippen LogP contribution in [0.4, 0.5) is 9.93 Å². The summed E-state index contributed by atoms with van der Waals surface area (Å²) < 4.78 is 14.5. The van der Waals surface area contributed by atoms with Crippen LogP contribution >= 0.6 is 23.3 Å². The predicted molar refractivity (Wildman–Crippen MR) is 182 cm³/mol. The number of fused-ring (bicyclic) bond motifs is 1. The lowest BCUT2D eigenvalue weighted by molar-refractivity contribution is -0.150. The largest absolute Gasteiger partial charge is 0.477 e. The molecule has 0 spiro atoms. The Kier molecular flexibility index (Phi) is 11.6. The molecule has 0 radical (unpaired) electrons. The lowest BCUT2D eigenvalue weighted by Gasteiger charge is -2.49. The van der Waals surface area contributed by atoms with Gasteiger partial charge in [-0.1, -0.05) is 32.0 Å². The first kappa shape index (κ1) is 37.3. The average Bonchev–Trinajstić information content (AvgIpc) is 3.84. The van der Waals surface area contributed by atoms with Crippen LogP contribution in [0.1, 0.15) is 45.9 Å². The van der Waals surface area contributed by atoms with Crippen LogP contribution in [0, 0.1) is 5.92 Å². The number of oxime groups is 1. The minimum Gasteiger partial charge on any atom is -0.477 e. The van der Waals surface area contributed by atoms with Gasteiger partial charge in [0.2, 0.25) is 17.4 Å². The van der Waals surface area contributed by atoms with Crippen molar-refractivity contribution >= 4 is 69.9 Å². The number of hydrogen-bond donors (Lipinski definition) is 4. The summed E-state index contributed by atoms with van der Waals surface area (Å²) in [6.07, 6.45) is 3.95. The Bertz CT molecular complexity index is 1740. The van der Waals surface area contributed by atoms with Gasteiger partial charge in [0.25, 0.3) is 11.8 Å². The number of rotatable bonds is 12. The number of nitrogen functional groups attached to an aromatic ring is 1. The van der Waals surface area contributed by atoms with E-state index in [9.17, 15) is 39.1 Å². The van der Waals surface area contributed by atoms with E-state index >= 15 is 0 Å². The van der Waals surface area contributed by atoms with E-state index in [1.807, 2.05) is 20.8 Å². The number of carboxylic acids is 1. The Morgan fingerprint density at radius 2 is 1.96 bits per heavy atom. The van der Waals surface area contributed by atoms with Gasteiger partial charge in [-0.15, -0.1) is 11.8 Å². The summed E-state index contributed by atoms with van der Waals surface area (Å²) in [5, 5.41) is 24.1. The van der Waals surface area contributed by atoms with Crippen molar-refractivity contribution in [2.24, 2.45) is 11.1 Å². The van der Waals surface area contributed by atoms with E-state index in [0.29, 0.717) is 37.9 Å². The lowest BCUT2D eigenvalue weighted by Crippen LogP contribution is -2.71. The molecular weight excluding hydrogens is 709 g/mol. The third kappa shape index (κ3) is 8.01. The molecule has 1 aromatic heterocycles. The number of allylic oxidation sites excluding steroid dienone is 2. The van der Waals surface area contributed by atoms with Gasteiger partial charge in [-0.05, 0) is 36.8 Å². The number of aliphatic carboxylic acids is 1. The number of aromatic nitrogens is 2. The van der Waals surface area contributed by atoms with Gasteiger partial charge in [0.15, 0.2) is 5.13 Å². The van der Waals surface area contributed by atoms with E-state index in [-0.39, 0.29) is 71.2 Å². The molecule has 3 fully saturated rings. The minimum atomic E-state index is -1.37. The SMILES string of the molecule is CC/C=C(\COC(=O)N1CC[C@@H](N2CC/C(=C\C3=C(C(=O)O)N4C(=O)[C@@H](NC(=O)/C(=N\O)c5nsc(N)n5)[C@H]4SC3)C2=O)C1)C(=O)OCC(C)C. The topological polar surface area (TPSA) is 247 Å². The van der Waals surface area contributed by atoms with E-state index in [4.69, 9.17) is 15.2 Å². The van der Waals surface area contributed by atoms with Gasteiger partial charge in [0.1, 0.15) is 23.7 Å². The maximum atomic E-state index is 13.5. The average molecular weight is 747 g/mol. The molecule has 0 aliphatic carbocycles. The second-order valence-corrected chi connectivity index (χ2v) is 14.3. The Hall–Kier alpha value is -4.98. The summed E-state index contributed by atoms with van der Waals surface area (Å²) in [5.41, 5.74) is 5.58. The smallest absolute Gasteiger partial charge is 0.410 e. The second kappa shape index (κ2) is 15.9. The molecule has 0 bridgehead atoms. The van der Waals surface area contributed by atoms with Gasteiger partial charge < -0.3 is 40.6 Å². The van der Waals surface area contributed by atoms with Crippen LogP contribution in [-0.4, -0.2) is 132 Å². The quantitative estimate of drug-likeness (QED) is 0.0581. The van der Waals surface area contributed by atoms with Gasteiger partial charge in [-0.2, -0.15) is 9.36 Å². The molecule has 4 aliphatic rings. The van der Waals surface area contributed by atoms with E-state index in [1.165, 1.54) is 22.7 Å². The standard InChI is InChI=1S/C31H38N8O10S2/c1-4-5-17(29(45)48-12-15(2)3)13-49-31(46)37-8-7-19(11-37)38-9-6-16(25(38)41)10-18-14-50-27-21(26(42)39(27)22(18)28(43)44)33-24(40)20(35-47)23-34-30(32)51-36-23/h5,10,15,19,21,27,47H,4,6-9,11-14H2,1-3H3,(H,33,40)(H,43,44)(H2,32,34,36)/b16-10+,17-5+,35-20-/t19-,21-,27-/m1/s1. The number of hydrogen-bond acceptors (Lipinski definition) is 15. The summed E-state index contributed by atoms with van der Waals surface area (Å²) in [6.45, 7) is 6.65. The molecule has 3 atom stereocenters. The maximum Gasteiger partial charge on any atom is 0.410 e. The number of nitrogens with zero attached hydrogens (tertiary/aromatic N) is 6. The highest BCUT2D eigenvalue weighted by Crippen LogP contribution is 2.41. The monoisotopic (exact) mass is 746 g/mol. The summed E-state index contributed by atoms with van der Waals surface area (Å²) in [4.78, 5) is 85.1. The van der Waals surface area contributed by atoms with Crippen molar-refractivity contribution in [3.63, 3.8) is 0 Å². The van der Waals surface area contributed by atoms with E-state index in [0.717, 1.165) is 16.4 Å². The van der Waals surface area contributed by atoms with E-state index < -0.39 is 47.0 Å². The molecule has 5 heterocycles. The van der Waals surface area contributed by atoms with E-state index in [1.54, 1.807) is 11.0 Å². The Balaban J connectivity index is 1.19. The number of carbonyl (C=O) groups excluding carboxylic acids is 5. The Morgan fingerprint density at radius 1 is 1.20 bits per heavy atom. The number of β-lactam (4-membered cyclic amide) rings is 1. The molecule has 3 saturated heterocycles. The number of nitrogens with two attached hydrogens (primary N) is 1. The maximum absolute atomic E-state index is 13.5. The zero-order valence-electron chi connectivity index (χ0n) is 28.1. The predicted octanol–water partition coefficient (Wildman–Crippen LogP) is 0.942. The molecule has 274 valence electrons. The van der Waals surface area contributed by atoms with Gasteiger partial charge in [-0.25, -0.2) is 14.4 Å². The first-order valence-electron chi connectivity index (χ1n) is 16.2. The number of ether oxygens (including phenoxy) is 2. The van der Waals surface area contributed by atoms with Gasteiger partial charge in [0, 0.05) is 42.5 Å². The van der Waals surface area contributed by atoms with Crippen LogP contribution in [0.3, 0.4) is 0 Å². The van der Waals surface area contributed by atoms with Crippen LogP contribution in [0.2, 0.25) is 0 Å². The van der Waals surface area contributed by atoms with Gasteiger partial charge >= 0.3 is 18.0 Å². The van der Waals surface area contributed by atoms with E-state index in [2.05, 4.69) is 19.8 Å². The first-order chi connectivity index (χ1) is 24.3. The summed E-state index contributed by atoms with van der Waals surface area (Å²) in [6, 6.07) is -1.41. The normalized spacial score (nSPS) is 23.2. The molecular formula is C31H38N8O10S2. The Morgan fingerprint density at radius 3 is 2.61 bits per heavy atom. The fourth-order valence-corrected chi connectivity index (χ4v) is 7.73. The molecule has 4 amide bonds. The number of anilines is 1. The minimum absolute atomic E-state index is 0.0347. The number of thioether (sulfide) groups is 1. The van der Waals surface area contributed by atoms with Crippen molar-refractivity contribution in [1.29, 1.82) is 0 Å². The first-order valence-corrected chi connectivity index (χ1v) is 18.0. The van der Waals surface area contributed by atoms with Crippen LogP contribution in [0.15, 0.2) is 39.7 Å². The number of amides is 4. The molecule has 0 unspecified atom stereocenters. The van der Waals surface area contributed by atoms with Gasteiger partial charge in [-0.3, -0.25) is 19.3 Å². The highest BCUT2D eigenvalue weighted by atomic mass is 32.2. The third-order valence-corrected chi connectivity index (χ3v) is 10.3. The zero-order chi connectivity index (χ0) is 37.0. The van der Waals surface area contributed by atoms with Crippen LogP contribution < -0.4 is 11.1 Å². The molecule has 18 nitrogen and oxygen atoms in total. The number of likely N-dealkylation sites (tertiary alicyclic amines) is 2. The number of carboxylic acid groups (broad SMARTS) is 1. The molecule has 4 aliphatic heterocycles. The highest BCUT2D eigenvalue weighted by Gasteiger charge is 2.54. The van der Waals surface area contributed by atoms with Gasteiger partial charge in [0.05, 0.1) is 18.2 Å². The van der Waals surface area contributed by atoms with Crippen molar-refractivity contribution < 1.29 is 48.6 Å². The van der Waals surface area contributed by atoms with Crippen LogP contribution in [-0.2, 0) is 33.4 Å². The summed E-state index contributed by atoms with van der Waals surface area (Å²) >= 11 is 1.98. The third-order valence-electron chi connectivity index (χ3n) is 8.44. The number of nitrogens with one attached hydrogen (secondary N) is 1. The molecule has 0 aromatic carbocycles. The fraction of sp³-hybridized carbons (Fsp3) is 0.516. The van der Waals surface area contributed by atoms with Crippen molar-refractivity contribution in [2.75, 3.05) is 44.3 Å². The van der Waals surface area contributed by atoms with Crippen molar-refractivity contribution in [1.82, 2.24) is 29.4 Å². The molecule has 0 saturated carbocycles. The molecule has 20 heteroatoms. The molecule has 1 aromatic rings. The van der Waals surface area contributed by atoms with Crippen molar-refractivity contribution in [3.05, 3.63) is 40.4 Å². The molecule has 5 N–H and O–H groups in total. The second-order valence-electron chi connectivity index (χ2n) is 12.4. The highest BCUT2D eigenvalue weighted by molar-refractivity contribution is 8.00. The zero-order valence-corrected chi connectivity index (χ0v) is 29.7.